The van der Waals surface area contributed by atoms with E-state index >= 15 is 0 Å². The predicted molar refractivity (Wildman–Crippen MR) is 102 cm³/mol. The molecule has 0 bridgehead atoms. The Hall–Kier alpha value is -0.870. The van der Waals surface area contributed by atoms with Crippen LogP contribution in [0.25, 0.3) is 0 Å². The van der Waals surface area contributed by atoms with Gasteiger partial charge in [-0.15, -0.1) is 0 Å². The van der Waals surface area contributed by atoms with Crippen LogP contribution in [0.1, 0.15) is 73.1 Å². The topological polar surface area (TPSA) is 59.1 Å². The Morgan fingerprint density at radius 2 is 2.04 bits per heavy atom. The van der Waals surface area contributed by atoms with E-state index in [1.165, 1.54) is 31.8 Å². The van der Waals surface area contributed by atoms with Crippen LogP contribution in [0.5, 0.6) is 0 Å². The van der Waals surface area contributed by atoms with Gasteiger partial charge in [0.1, 0.15) is 12.7 Å². The van der Waals surface area contributed by atoms with Crippen LogP contribution >= 0.6 is 0 Å². The Kier molecular flexibility index (Phi) is 5.31. The number of rotatable bonds is 6. The fourth-order valence-electron chi connectivity index (χ4n) is 6.04. The maximum absolute atomic E-state index is 11.4. The third-order valence-electron chi connectivity index (χ3n) is 7.71. The van der Waals surface area contributed by atoms with E-state index in [0.717, 1.165) is 19.3 Å². The van der Waals surface area contributed by atoms with Crippen LogP contribution in [0.4, 0.5) is 0 Å². The molecule has 0 radical (unpaired) electrons. The molecule has 1 heterocycles. The zero-order chi connectivity index (χ0) is 19.2. The summed E-state index contributed by atoms with van der Waals surface area (Å²) in [7, 11) is 0. The molecule has 5 atom stereocenters. The van der Waals surface area contributed by atoms with Crippen LogP contribution in [0.3, 0.4) is 0 Å². The second kappa shape index (κ2) is 6.94. The van der Waals surface area contributed by atoms with E-state index in [1.807, 2.05) is 0 Å². The molecule has 0 aromatic heterocycles. The first kappa shape index (κ1) is 19.9. The lowest BCUT2D eigenvalue weighted by molar-refractivity contribution is -0.140. The predicted octanol–water partition coefficient (Wildman–Crippen LogP) is 4.26. The Morgan fingerprint density at radius 3 is 2.65 bits per heavy atom. The molecule has 0 aromatic carbocycles. The summed E-state index contributed by atoms with van der Waals surface area (Å²) in [4.78, 5) is 11.4. The van der Waals surface area contributed by atoms with Gasteiger partial charge in [-0.05, 0) is 67.3 Å². The van der Waals surface area contributed by atoms with Gasteiger partial charge in [-0.1, -0.05) is 33.3 Å². The molecule has 148 valence electrons. The molecule has 1 saturated carbocycles. The maximum atomic E-state index is 11.4. The van der Waals surface area contributed by atoms with Crippen LogP contribution in [-0.4, -0.2) is 36.0 Å². The van der Waals surface area contributed by atoms with Crippen molar-refractivity contribution in [3.63, 3.8) is 0 Å². The molecule has 2 aliphatic carbocycles. The van der Waals surface area contributed by atoms with E-state index in [9.17, 15) is 9.90 Å². The zero-order valence-electron chi connectivity index (χ0n) is 17.1. The second-order valence-corrected chi connectivity index (χ2v) is 9.89. The minimum atomic E-state index is -0.210. The number of allylic oxidation sites excluding steroid dienone is 1. The highest BCUT2D eigenvalue weighted by atomic mass is 16.6. The Balaban J connectivity index is 1.82. The molecule has 1 N–H and O–H groups in total. The van der Waals surface area contributed by atoms with E-state index in [1.54, 1.807) is 0 Å². The first-order valence-electron chi connectivity index (χ1n) is 10.2. The van der Waals surface area contributed by atoms with Gasteiger partial charge in [-0.2, -0.15) is 0 Å². The number of fused-ring (bicyclic) bond motifs is 1. The molecule has 3 unspecified atom stereocenters. The van der Waals surface area contributed by atoms with Crippen molar-refractivity contribution in [2.75, 3.05) is 13.2 Å². The lowest BCUT2D eigenvalue weighted by atomic mass is 9.48. The van der Waals surface area contributed by atoms with Crippen molar-refractivity contribution in [3.8, 4) is 0 Å². The fraction of sp³-hybridized carbons (Fsp3) is 0.864. The van der Waals surface area contributed by atoms with Gasteiger partial charge in [-0.3, -0.25) is 4.79 Å². The molecule has 1 aliphatic heterocycles. The van der Waals surface area contributed by atoms with Crippen LogP contribution in [-0.2, 0) is 14.3 Å². The molecular weight excluding hydrogens is 328 g/mol. The summed E-state index contributed by atoms with van der Waals surface area (Å²) in [5.74, 6) is 0.871. The van der Waals surface area contributed by atoms with Crippen LogP contribution < -0.4 is 0 Å². The molecule has 3 rings (SSSR count). The summed E-state index contributed by atoms with van der Waals surface area (Å²) in [5.41, 5.74) is 1.70. The molecular formula is C22H36O4. The number of aliphatic hydroxyl groups excluding tert-OH is 1. The number of carbonyl (C=O) groups excluding carboxylic acids is 1. The second-order valence-electron chi connectivity index (χ2n) is 9.89. The van der Waals surface area contributed by atoms with Crippen molar-refractivity contribution in [3.05, 3.63) is 11.6 Å². The largest absolute Gasteiger partial charge is 0.461 e. The van der Waals surface area contributed by atoms with Gasteiger partial charge < -0.3 is 14.6 Å². The monoisotopic (exact) mass is 364 g/mol. The van der Waals surface area contributed by atoms with E-state index < -0.39 is 0 Å². The van der Waals surface area contributed by atoms with Crippen LogP contribution in [0, 0.1) is 22.7 Å². The first-order chi connectivity index (χ1) is 12.1. The van der Waals surface area contributed by atoms with Crippen molar-refractivity contribution >= 4 is 5.97 Å². The Labute approximate surface area is 158 Å². The van der Waals surface area contributed by atoms with Crippen molar-refractivity contribution < 1.29 is 19.4 Å². The van der Waals surface area contributed by atoms with Crippen molar-refractivity contribution in [2.24, 2.45) is 22.7 Å². The summed E-state index contributed by atoms with van der Waals surface area (Å²) in [6.45, 7) is 11.4. The average Bonchev–Trinajstić information content (AvgIpc) is 3.21. The zero-order valence-corrected chi connectivity index (χ0v) is 17.1. The minimum Gasteiger partial charge on any atom is -0.461 e. The number of esters is 1. The Bertz CT molecular complexity index is 581. The van der Waals surface area contributed by atoms with Gasteiger partial charge in [0.15, 0.2) is 0 Å². The van der Waals surface area contributed by atoms with E-state index in [2.05, 4.69) is 33.8 Å². The molecule has 26 heavy (non-hydrogen) atoms. The SMILES string of the molecule is CC(=O)OCC1=CCC2C(C)(C)CCC[C@]2(C)[C@H]1CCC1(C)OC1CO. The highest BCUT2D eigenvalue weighted by Crippen LogP contribution is 2.61. The first-order valence-corrected chi connectivity index (χ1v) is 10.2. The highest BCUT2D eigenvalue weighted by molar-refractivity contribution is 5.66. The van der Waals surface area contributed by atoms with E-state index in [0.29, 0.717) is 23.9 Å². The van der Waals surface area contributed by atoms with E-state index in [-0.39, 0.29) is 29.7 Å². The number of hydrogen-bond donors (Lipinski definition) is 1. The van der Waals surface area contributed by atoms with Gasteiger partial charge in [0, 0.05) is 6.92 Å². The van der Waals surface area contributed by atoms with Gasteiger partial charge in [-0.25, -0.2) is 0 Å². The molecule has 2 fully saturated rings. The van der Waals surface area contributed by atoms with Crippen molar-refractivity contribution in [1.82, 2.24) is 0 Å². The van der Waals surface area contributed by atoms with Gasteiger partial charge in [0.25, 0.3) is 0 Å². The Morgan fingerprint density at radius 1 is 1.31 bits per heavy atom. The van der Waals surface area contributed by atoms with Gasteiger partial charge >= 0.3 is 5.97 Å². The lowest BCUT2D eigenvalue weighted by Crippen LogP contribution is -2.49. The smallest absolute Gasteiger partial charge is 0.302 e. The molecule has 0 spiro atoms. The molecule has 3 aliphatic rings. The van der Waals surface area contributed by atoms with Crippen molar-refractivity contribution in [1.29, 1.82) is 0 Å². The molecule has 1 saturated heterocycles. The summed E-state index contributed by atoms with van der Waals surface area (Å²) >= 11 is 0. The summed E-state index contributed by atoms with van der Waals surface area (Å²) in [6.07, 6.45) is 9.20. The number of carbonyl (C=O) groups is 1. The quantitative estimate of drug-likeness (QED) is 0.435. The molecule has 4 heteroatoms. The maximum Gasteiger partial charge on any atom is 0.302 e. The summed E-state index contributed by atoms with van der Waals surface area (Å²) < 4.78 is 11.1. The summed E-state index contributed by atoms with van der Waals surface area (Å²) in [6, 6.07) is 0. The normalized spacial score (nSPS) is 41.2. The lowest BCUT2D eigenvalue weighted by Gasteiger charge is -2.57. The number of hydrogen-bond acceptors (Lipinski definition) is 4. The fourth-order valence-corrected chi connectivity index (χ4v) is 6.04. The minimum absolute atomic E-state index is 0.0154. The number of epoxide rings is 1. The van der Waals surface area contributed by atoms with Gasteiger partial charge in [0.2, 0.25) is 0 Å². The number of ether oxygens (including phenoxy) is 2. The van der Waals surface area contributed by atoms with E-state index in [4.69, 9.17) is 9.47 Å². The third kappa shape index (κ3) is 3.60. The third-order valence-corrected chi connectivity index (χ3v) is 7.71. The van der Waals surface area contributed by atoms with Crippen molar-refractivity contribution in [2.45, 2.75) is 84.8 Å². The average molecular weight is 365 g/mol. The van der Waals surface area contributed by atoms with Gasteiger partial charge in [0.05, 0.1) is 12.2 Å². The molecule has 0 amide bonds. The standard InChI is InChI=1S/C22H36O4/c1-15(24)25-14-16-7-8-18-20(2,3)10-6-11-21(18,4)17(16)9-12-22(5)19(13-23)26-22/h7,17-19,23H,6,8-14H2,1-5H3/t17-,18?,19?,21+,22?/m0/s1. The molecule has 4 nitrogen and oxygen atoms in total. The summed E-state index contributed by atoms with van der Waals surface area (Å²) in [5, 5.41) is 9.39. The van der Waals surface area contributed by atoms with Crippen LogP contribution in [0.15, 0.2) is 11.6 Å². The number of aliphatic hydroxyl groups is 1. The highest BCUT2D eigenvalue weighted by Gasteiger charge is 2.55. The molecule has 0 aromatic rings. The van der Waals surface area contributed by atoms with Crippen LogP contribution in [0.2, 0.25) is 0 Å².